The summed E-state index contributed by atoms with van der Waals surface area (Å²) in [5, 5.41) is 25.1. The number of aryl methyl sites for hydroxylation is 1. The van der Waals surface area contributed by atoms with Crippen LogP contribution in [-0.2, 0) is 20.4 Å². The van der Waals surface area contributed by atoms with Crippen molar-refractivity contribution < 1.29 is 38.3 Å². The lowest BCUT2D eigenvalue weighted by atomic mass is 10.1. The number of aliphatic hydroxyl groups excluding tert-OH is 2. The highest BCUT2D eigenvalue weighted by Crippen LogP contribution is 2.38. The third-order valence-electron chi connectivity index (χ3n) is 5.20. The maximum absolute atomic E-state index is 13.0. The van der Waals surface area contributed by atoms with Gasteiger partial charge in [-0.25, -0.2) is 9.36 Å². The molecule has 13 nitrogen and oxygen atoms in total. The van der Waals surface area contributed by atoms with Crippen molar-refractivity contribution in [1.29, 1.82) is 0 Å². The predicted molar refractivity (Wildman–Crippen MR) is 107 cm³/mol. The molecule has 1 aliphatic rings. The number of nitrogens with zero attached hydrogens (tertiary/aromatic N) is 3. The fourth-order valence-corrected chi connectivity index (χ4v) is 3.97. The summed E-state index contributed by atoms with van der Waals surface area (Å²) in [7, 11) is -4.84. The fourth-order valence-electron chi connectivity index (χ4n) is 3.63. The second-order valence-corrected chi connectivity index (χ2v) is 8.58. The molecule has 1 fully saturated rings. The third-order valence-corrected chi connectivity index (χ3v) is 5.68. The topological polar surface area (TPSA) is 186 Å². The van der Waals surface area contributed by atoms with Gasteiger partial charge in [-0.2, -0.15) is 0 Å². The van der Waals surface area contributed by atoms with Crippen molar-refractivity contribution in [1.82, 2.24) is 14.3 Å². The number of fused-ring (bicyclic) bond motifs is 1. The molecule has 4 N–H and O–H groups in total. The van der Waals surface area contributed by atoms with Crippen LogP contribution in [0.2, 0.25) is 0 Å². The molecule has 4 atom stereocenters. The number of hydrogen-bond acceptors (Lipinski definition) is 9. The van der Waals surface area contributed by atoms with Crippen LogP contribution in [0.25, 0.3) is 11.0 Å². The standard InChI is InChI=1S/C18H20N3O10P/c1-9-3-2-4-11-14(9)10(19-31-11)7-21-13(22)5-6-20(18(21)25)17-16(24)15(23)12(30-17)8-29-32(26,27)28/h2-6,12,15-17,23-24H,7-8H2,1H3,(H2,26,27,28)/t12-,15+,16?,17-/m1/s1. The van der Waals surface area contributed by atoms with Crippen LogP contribution in [0.3, 0.4) is 0 Å². The average molecular weight is 469 g/mol. The van der Waals surface area contributed by atoms with E-state index in [1.165, 1.54) is 0 Å². The summed E-state index contributed by atoms with van der Waals surface area (Å²) in [6, 6.07) is 6.40. The normalized spacial score (nSPS) is 23.8. The molecular formula is C18H20N3O10P. The van der Waals surface area contributed by atoms with Crippen molar-refractivity contribution in [2.45, 2.75) is 38.0 Å². The lowest BCUT2D eigenvalue weighted by Gasteiger charge is -2.18. The summed E-state index contributed by atoms with van der Waals surface area (Å²) >= 11 is 0. The molecule has 0 spiro atoms. The lowest BCUT2D eigenvalue weighted by Crippen LogP contribution is -2.43. The van der Waals surface area contributed by atoms with Gasteiger partial charge < -0.3 is 29.3 Å². The number of phosphoric acid groups is 1. The van der Waals surface area contributed by atoms with E-state index < -0.39 is 50.2 Å². The summed E-state index contributed by atoms with van der Waals surface area (Å²) in [5.74, 6) is 0. The van der Waals surface area contributed by atoms with Gasteiger partial charge in [0.05, 0.1) is 13.2 Å². The lowest BCUT2D eigenvalue weighted by molar-refractivity contribution is -0.0548. The van der Waals surface area contributed by atoms with E-state index in [9.17, 15) is 24.4 Å². The summed E-state index contributed by atoms with van der Waals surface area (Å²) in [5.41, 5.74) is 0.208. The predicted octanol–water partition coefficient (Wildman–Crippen LogP) is -0.764. The Morgan fingerprint density at radius 3 is 2.66 bits per heavy atom. The number of rotatable bonds is 6. The third kappa shape index (κ3) is 4.19. The molecule has 2 aromatic heterocycles. The Kier molecular flexibility index (Phi) is 5.90. The van der Waals surface area contributed by atoms with Crippen molar-refractivity contribution in [2.24, 2.45) is 0 Å². The molecule has 0 amide bonds. The van der Waals surface area contributed by atoms with Crippen LogP contribution in [-0.4, -0.2) is 59.2 Å². The van der Waals surface area contributed by atoms with E-state index >= 15 is 0 Å². The van der Waals surface area contributed by atoms with Gasteiger partial charge in [0.15, 0.2) is 11.8 Å². The molecule has 0 bridgehead atoms. The van der Waals surface area contributed by atoms with E-state index in [4.69, 9.17) is 19.0 Å². The maximum Gasteiger partial charge on any atom is 0.469 e. The zero-order valence-electron chi connectivity index (χ0n) is 16.6. The first-order valence-corrected chi connectivity index (χ1v) is 11.0. The molecule has 1 saturated heterocycles. The van der Waals surface area contributed by atoms with Gasteiger partial charge in [-0.1, -0.05) is 17.3 Å². The molecule has 0 radical (unpaired) electrons. The van der Waals surface area contributed by atoms with Crippen LogP contribution in [0.5, 0.6) is 0 Å². The molecular weight excluding hydrogens is 449 g/mol. The Labute approximate surface area is 179 Å². The van der Waals surface area contributed by atoms with Crippen molar-refractivity contribution in [3.63, 3.8) is 0 Å². The molecule has 3 aromatic rings. The Bertz CT molecular complexity index is 1310. The van der Waals surface area contributed by atoms with Crippen molar-refractivity contribution in [2.75, 3.05) is 6.61 Å². The number of aliphatic hydroxyl groups is 2. The van der Waals surface area contributed by atoms with E-state index in [0.29, 0.717) is 16.7 Å². The summed E-state index contributed by atoms with van der Waals surface area (Å²) in [6.45, 7) is 0.892. The molecule has 172 valence electrons. The first-order valence-electron chi connectivity index (χ1n) is 9.44. The van der Waals surface area contributed by atoms with E-state index in [1.54, 1.807) is 12.1 Å². The van der Waals surface area contributed by atoms with Gasteiger partial charge in [-0.15, -0.1) is 0 Å². The Balaban J connectivity index is 1.66. The van der Waals surface area contributed by atoms with Crippen molar-refractivity contribution >= 4 is 18.8 Å². The van der Waals surface area contributed by atoms with E-state index in [0.717, 1.165) is 27.0 Å². The Hall–Kier alpha value is -2.64. The van der Waals surface area contributed by atoms with Crippen LogP contribution < -0.4 is 11.2 Å². The van der Waals surface area contributed by atoms with Gasteiger partial charge >= 0.3 is 13.5 Å². The van der Waals surface area contributed by atoms with Crippen LogP contribution >= 0.6 is 7.82 Å². The summed E-state index contributed by atoms with van der Waals surface area (Å²) in [6.07, 6.45) is -4.87. The second kappa shape index (κ2) is 8.37. The molecule has 32 heavy (non-hydrogen) atoms. The summed E-state index contributed by atoms with van der Waals surface area (Å²) < 4.78 is 27.7. The first-order chi connectivity index (χ1) is 15.1. The molecule has 0 saturated carbocycles. The fraction of sp³-hybridized carbons (Fsp3) is 0.389. The van der Waals surface area contributed by atoms with Crippen LogP contribution in [0.15, 0.2) is 44.6 Å². The molecule has 1 aliphatic heterocycles. The minimum atomic E-state index is -4.84. The van der Waals surface area contributed by atoms with Crippen LogP contribution in [0, 0.1) is 6.92 Å². The molecule has 1 aromatic carbocycles. The highest BCUT2D eigenvalue weighted by Gasteiger charge is 2.45. The molecule has 0 aliphatic carbocycles. The van der Waals surface area contributed by atoms with E-state index in [2.05, 4.69) is 9.68 Å². The highest BCUT2D eigenvalue weighted by molar-refractivity contribution is 7.46. The number of ether oxygens (including phenoxy) is 1. The van der Waals surface area contributed by atoms with Crippen LogP contribution in [0.4, 0.5) is 0 Å². The Morgan fingerprint density at radius 2 is 1.94 bits per heavy atom. The number of phosphoric ester groups is 1. The van der Waals surface area contributed by atoms with Gasteiger partial charge in [0.2, 0.25) is 0 Å². The zero-order chi connectivity index (χ0) is 23.2. The quantitative estimate of drug-likeness (QED) is 0.332. The maximum atomic E-state index is 13.0. The molecule has 3 heterocycles. The van der Waals surface area contributed by atoms with Gasteiger partial charge in [-0.05, 0) is 18.6 Å². The highest BCUT2D eigenvalue weighted by atomic mass is 31.2. The monoisotopic (exact) mass is 469 g/mol. The van der Waals surface area contributed by atoms with E-state index in [1.807, 2.05) is 13.0 Å². The van der Waals surface area contributed by atoms with Crippen molar-refractivity contribution in [3.8, 4) is 0 Å². The number of hydrogen-bond donors (Lipinski definition) is 4. The van der Waals surface area contributed by atoms with Crippen LogP contribution in [0.1, 0.15) is 17.5 Å². The van der Waals surface area contributed by atoms with Crippen molar-refractivity contribution in [3.05, 3.63) is 62.6 Å². The minimum absolute atomic E-state index is 0.216. The largest absolute Gasteiger partial charge is 0.469 e. The first kappa shape index (κ1) is 22.6. The summed E-state index contributed by atoms with van der Waals surface area (Å²) in [4.78, 5) is 43.1. The molecule has 14 heteroatoms. The smallest absolute Gasteiger partial charge is 0.387 e. The number of benzene rings is 1. The number of aromatic nitrogens is 3. The van der Waals surface area contributed by atoms with E-state index in [-0.39, 0.29) is 6.54 Å². The van der Waals surface area contributed by atoms with Gasteiger partial charge in [0.1, 0.15) is 24.0 Å². The van der Waals surface area contributed by atoms with Gasteiger partial charge in [-0.3, -0.25) is 18.5 Å². The molecule has 4 rings (SSSR count). The average Bonchev–Trinajstić information content (AvgIpc) is 3.26. The second-order valence-electron chi connectivity index (χ2n) is 7.34. The van der Waals surface area contributed by atoms with Gasteiger partial charge in [0, 0.05) is 17.6 Å². The zero-order valence-corrected chi connectivity index (χ0v) is 17.5. The Morgan fingerprint density at radius 1 is 1.19 bits per heavy atom. The molecule has 1 unspecified atom stereocenters. The van der Waals surface area contributed by atoms with Gasteiger partial charge in [0.25, 0.3) is 5.56 Å². The SMILES string of the molecule is Cc1cccc2onc(Cn3c(=O)ccn([C@@H]4O[C@H](COP(=O)(O)O)[C@H](O)C4O)c3=O)c12. The minimum Gasteiger partial charge on any atom is -0.387 e.